The van der Waals surface area contributed by atoms with E-state index in [0.717, 1.165) is 33.9 Å². The topological polar surface area (TPSA) is 46.5 Å². The molecular weight excluding hydrogens is 344 g/mol. The van der Waals surface area contributed by atoms with Crippen LogP contribution in [0.15, 0.2) is 53.4 Å². The highest BCUT2D eigenvalue weighted by Gasteiger charge is 2.19. The molecule has 2 rings (SSSR count). The number of hydrogen-bond donors (Lipinski definition) is 1. The summed E-state index contributed by atoms with van der Waals surface area (Å²) in [5.41, 5.74) is 2.24. The molecule has 2 aromatic rings. The Morgan fingerprint density at radius 3 is 2.58 bits per heavy atom. The molecule has 0 aliphatic heterocycles. The number of aryl methyl sites for hydroxylation is 2. The fourth-order valence-corrected chi connectivity index (χ4v) is 3.31. The van der Waals surface area contributed by atoms with Crippen molar-refractivity contribution in [2.45, 2.75) is 29.9 Å². The molecule has 0 aromatic heterocycles. The normalized spacial score (nSPS) is 12.1. The van der Waals surface area contributed by atoms with E-state index in [1.807, 2.05) is 55.5 Å². The molecule has 0 radical (unpaired) electrons. The van der Waals surface area contributed by atoms with Crippen LogP contribution in [0.5, 0.6) is 0 Å². The van der Waals surface area contributed by atoms with Crippen molar-refractivity contribution in [1.82, 2.24) is 0 Å². The molecule has 0 amide bonds. The molecule has 24 heavy (non-hydrogen) atoms. The second-order valence-corrected chi connectivity index (χ2v) is 7.21. The van der Waals surface area contributed by atoms with E-state index in [-0.39, 0.29) is 6.61 Å². The summed E-state index contributed by atoms with van der Waals surface area (Å²) in [5, 5.41) is 9.50. The summed E-state index contributed by atoms with van der Waals surface area (Å²) < 4.78 is 5.57. The Bertz CT molecular complexity index is 658. The van der Waals surface area contributed by atoms with Gasteiger partial charge in [-0.2, -0.15) is 0 Å². The zero-order valence-corrected chi connectivity index (χ0v) is 15.1. The summed E-state index contributed by atoms with van der Waals surface area (Å²) in [6.07, 6.45) is 1.63. The Balaban J connectivity index is 1.74. The molecule has 0 heterocycles. The summed E-state index contributed by atoms with van der Waals surface area (Å²) in [5.74, 6) is -0.855. The monoisotopic (exact) mass is 364 g/mol. The van der Waals surface area contributed by atoms with Gasteiger partial charge in [0.25, 0.3) is 0 Å². The second-order valence-electron chi connectivity index (χ2n) is 5.53. The SMILES string of the molecule is Cc1ccc(SC(COCCCc2ccccc2Cl)C(=O)O)cc1. The summed E-state index contributed by atoms with van der Waals surface area (Å²) in [4.78, 5) is 12.3. The van der Waals surface area contributed by atoms with Crippen LogP contribution in [-0.4, -0.2) is 29.5 Å². The van der Waals surface area contributed by atoms with Crippen molar-refractivity contribution in [2.75, 3.05) is 13.2 Å². The maximum absolute atomic E-state index is 11.4. The summed E-state index contributed by atoms with van der Waals surface area (Å²) in [6, 6.07) is 15.6. The maximum Gasteiger partial charge on any atom is 0.319 e. The highest BCUT2D eigenvalue weighted by molar-refractivity contribution is 8.00. The predicted molar refractivity (Wildman–Crippen MR) is 99.1 cm³/mol. The number of carboxylic acids is 1. The van der Waals surface area contributed by atoms with Gasteiger partial charge in [-0.1, -0.05) is 47.5 Å². The van der Waals surface area contributed by atoms with Crippen LogP contribution in [0.4, 0.5) is 0 Å². The molecule has 0 bridgehead atoms. The van der Waals surface area contributed by atoms with Crippen molar-refractivity contribution in [1.29, 1.82) is 0 Å². The van der Waals surface area contributed by atoms with E-state index in [2.05, 4.69) is 0 Å². The zero-order chi connectivity index (χ0) is 17.4. The number of hydrogen-bond acceptors (Lipinski definition) is 3. The molecule has 1 N–H and O–H groups in total. The van der Waals surface area contributed by atoms with E-state index in [1.165, 1.54) is 11.8 Å². The number of aliphatic carboxylic acids is 1. The summed E-state index contributed by atoms with van der Waals surface area (Å²) in [6.45, 7) is 2.71. The van der Waals surface area contributed by atoms with Gasteiger partial charge >= 0.3 is 5.97 Å². The molecule has 0 aliphatic rings. The number of carboxylic acid groups (broad SMARTS) is 1. The molecule has 2 aromatic carbocycles. The number of benzene rings is 2. The van der Waals surface area contributed by atoms with E-state index < -0.39 is 11.2 Å². The first-order chi connectivity index (χ1) is 11.6. The minimum absolute atomic E-state index is 0.191. The van der Waals surface area contributed by atoms with Crippen molar-refractivity contribution in [3.8, 4) is 0 Å². The van der Waals surface area contributed by atoms with Gasteiger partial charge < -0.3 is 9.84 Å². The molecule has 5 heteroatoms. The smallest absolute Gasteiger partial charge is 0.319 e. The molecule has 1 atom stereocenters. The van der Waals surface area contributed by atoms with Crippen molar-refractivity contribution in [2.24, 2.45) is 0 Å². The highest BCUT2D eigenvalue weighted by atomic mass is 35.5. The number of thioether (sulfide) groups is 1. The third kappa shape index (κ3) is 6.19. The number of halogens is 1. The quantitative estimate of drug-likeness (QED) is 0.510. The second kappa shape index (κ2) is 9.72. The van der Waals surface area contributed by atoms with Crippen molar-refractivity contribution in [3.63, 3.8) is 0 Å². The van der Waals surface area contributed by atoms with Crippen molar-refractivity contribution >= 4 is 29.3 Å². The molecule has 1 unspecified atom stereocenters. The average molecular weight is 365 g/mol. The molecule has 0 saturated heterocycles. The lowest BCUT2D eigenvalue weighted by molar-refractivity contribution is -0.137. The standard InChI is InChI=1S/C19H21ClO3S/c1-14-8-10-16(11-9-14)24-18(19(21)22)13-23-12-4-6-15-5-2-3-7-17(15)20/h2-3,5,7-11,18H,4,6,12-13H2,1H3,(H,21,22). The number of rotatable bonds is 9. The lowest BCUT2D eigenvalue weighted by atomic mass is 10.1. The van der Waals surface area contributed by atoms with Gasteiger partial charge in [0.2, 0.25) is 0 Å². The molecule has 0 saturated carbocycles. The Labute approximate surface area is 152 Å². The maximum atomic E-state index is 11.4. The molecule has 128 valence electrons. The molecular formula is C19H21ClO3S. The molecule has 0 aliphatic carbocycles. The summed E-state index contributed by atoms with van der Waals surface area (Å²) >= 11 is 7.43. The first kappa shape index (κ1) is 18.8. The highest BCUT2D eigenvalue weighted by Crippen LogP contribution is 2.24. The average Bonchev–Trinajstić information content (AvgIpc) is 2.56. The van der Waals surface area contributed by atoms with Gasteiger partial charge in [-0.15, -0.1) is 11.8 Å². The zero-order valence-electron chi connectivity index (χ0n) is 13.6. The van der Waals surface area contributed by atoms with Crippen molar-refractivity contribution < 1.29 is 14.6 Å². The largest absolute Gasteiger partial charge is 0.480 e. The fourth-order valence-electron chi connectivity index (χ4n) is 2.19. The van der Waals surface area contributed by atoms with E-state index in [4.69, 9.17) is 16.3 Å². The van der Waals surface area contributed by atoms with Crippen LogP contribution in [0.1, 0.15) is 17.5 Å². The first-order valence-electron chi connectivity index (χ1n) is 7.83. The molecule has 3 nitrogen and oxygen atoms in total. The van der Waals surface area contributed by atoms with Crippen LogP contribution in [0, 0.1) is 6.92 Å². The van der Waals surface area contributed by atoms with E-state index >= 15 is 0 Å². The minimum atomic E-state index is -0.855. The Kier molecular flexibility index (Phi) is 7.63. The van der Waals surface area contributed by atoms with Gasteiger partial charge in [0.05, 0.1) is 6.61 Å². The van der Waals surface area contributed by atoms with E-state index in [9.17, 15) is 9.90 Å². The Morgan fingerprint density at radius 1 is 1.21 bits per heavy atom. The van der Waals surface area contributed by atoms with Crippen LogP contribution in [-0.2, 0) is 16.0 Å². The Morgan fingerprint density at radius 2 is 1.92 bits per heavy atom. The Hall–Kier alpha value is -1.49. The summed E-state index contributed by atoms with van der Waals surface area (Å²) in [7, 11) is 0. The lowest BCUT2D eigenvalue weighted by Gasteiger charge is -2.13. The van der Waals surface area contributed by atoms with Crippen LogP contribution in [0.3, 0.4) is 0 Å². The van der Waals surface area contributed by atoms with E-state index in [0.29, 0.717) is 6.61 Å². The third-order valence-corrected chi connectivity index (χ3v) is 5.07. The van der Waals surface area contributed by atoms with Gasteiger partial charge in [0, 0.05) is 16.5 Å². The van der Waals surface area contributed by atoms with Gasteiger partial charge in [0.15, 0.2) is 0 Å². The predicted octanol–water partition coefficient (Wildman–Crippen LogP) is 4.84. The van der Waals surface area contributed by atoms with Crippen LogP contribution in [0.2, 0.25) is 5.02 Å². The van der Waals surface area contributed by atoms with E-state index in [1.54, 1.807) is 0 Å². The van der Waals surface area contributed by atoms with Gasteiger partial charge in [-0.05, 0) is 43.5 Å². The minimum Gasteiger partial charge on any atom is -0.480 e. The first-order valence-corrected chi connectivity index (χ1v) is 9.09. The van der Waals surface area contributed by atoms with Gasteiger partial charge in [-0.25, -0.2) is 0 Å². The van der Waals surface area contributed by atoms with Gasteiger partial charge in [0.1, 0.15) is 5.25 Å². The third-order valence-electron chi connectivity index (χ3n) is 3.54. The molecule has 0 fully saturated rings. The number of carbonyl (C=O) groups is 1. The molecule has 0 spiro atoms. The van der Waals surface area contributed by atoms with Crippen LogP contribution >= 0.6 is 23.4 Å². The van der Waals surface area contributed by atoms with Crippen LogP contribution in [0.25, 0.3) is 0 Å². The number of ether oxygens (including phenoxy) is 1. The van der Waals surface area contributed by atoms with Gasteiger partial charge in [-0.3, -0.25) is 4.79 Å². The van der Waals surface area contributed by atoms with Crippen molar-refractivity contribution in [3.05, 3.63) is 64.7 Å². The van der Waals surface area contributed by atoms with Crippen LogP contribution < -0.4 is 0 Å². The lowest BCUT2D eigenvalue weighted by Crippen LogP contribution is -2.22. The fraction of sp³-hybridized carbons (Fsp3) is 0.316.